The highest BCUT2D eigenvalue weighted by Crippen LogP contribution is 2.18. The summed E-state index contributed by atoms with van der Waals surface area (Å²) >= 11 is 6.07. The first kappa shape index (κ1) is 11.1. The molecule has 1 aliphatic carbocycles. The molecule has 0 aliphatic heterocycles. The molecule has 0 aromatic heterocycles. The molecule has 76 valence electrons. The maximum absolute atomic E-state index is 6.07. The Morgan fingerprint density at radius 1 is 0.769 bits per heavy atom. The van der Waals surface area contributed by atoms with E-state index in [0.717, 1.165) is 11.5 Å². The molecular weight excluding hydrogens is 180 g/mol. The Bertz CT molecular complexity index is 149. The lowest BCUT2D eigenvalue weighted by atomic mass is 10.0. The Labute approximate surface area is 87.4 Å². The molecule has 0 saturated heterocycles. The fraction of sp³-hybridized carbons (Fsp3) is 0.833. The molecule has 0 amide bonds. The Hall–Kier alpha value is 0.0300. The smallest absolute Gasteiger partial charge is 0.0141 e. The minimum atomic E-state index is 1.10. The fourth-order valence-electron chi connectivity index (χ4n) is 1.86. The topological polar surface area (TPSA) is 0 Å². The van der Waals surface area contributed by atoms with Crippen molar-refractivity contribution in [3.8, 4) is 0 Å². The van der Waals surface area contributed by atoms with Gasteiger partial charge in [0.15, 0.2) is 0 Å². The number of rotatable bonds is 0. The number of allylic oxidation sites excluding steroid dienone is 2. The standard InChI is InChI=1S/C12H21Cl/c13-12-10-8-6-4-2-1-3-5-7-9-11-12/h10H,1-9,11H2/b12-10+. The van der Waals surface area contributed by atoms with Crippen LogP contribution in [0.4, 0.5) is 0 Å². The van der Waals surface area contributed by atoms with Crippen molar-refractivity contribution in [1.29, 1.82) is 0 Å². The van der Waals surface area contributed by atoms with E-state index in [1.54, 1.807) is 0 Å². The molecule has 0 spiro atoms. The zero-order valence-corrected chi connectivity index (χ0v) is 9.28. The first-order valence-electron chi connectivity index (χ1n) is 5.74. The van der Waals surface area contributed by atoms with E-state index in [1.807, 2.05) is 0 Å². The molecule has 1 aliphatic rings. The predicted molar refractivity (Wildman–Crippen MR) is 60.1 cm³/mol. The molecule has 0 atom stereocenters. The molecule has 1 rings (SSSR count). The van der Waals surface area contributed by atoms with Crippen molar-refractivity contribution >= 4 is 11.6 Å². The van der Waals surface area contributed by atoms with Gasteiger partial charge in [-0.25, -0.2) is 0 Å². The third kappa shape index (κ3) is 6.15. The molecule has 1 heteroatoms. The van der Waals surface area contributed by atoms with Crippen LogP contribution in [0.3, 0.4) is 0 Å². The van der Waals surface area contributed by atoms with Crippen LogP contribution in [0, 0.1) is 0 Å². The maximum atomic E-state index is 6.07. The van der Waals surface area contributed by atoms with Crippen LogP contribution < -0.4 is 0 Å². The van der Waals surface area contributed by atoms with E-state index in [0.29, 0.717) is 0 Å². The quantitative estimate of drug-likeness (QED) is 0.515. The summed E-state index contributed by atoms with van der Waals surface area (Å²) in [6.45, 7) is 0. The molecular formula is C12H21Cl. The third-order valence-electron chi connectivity index (χ3n) is 2.74. The number of halogens is 1. The van der Waals surface area contributed by atoms with E-state index in [9.17, 15) is 0 Å². The van der Waals surface area contributed by atoms with Gasteiger partial charge in [-0.3, -0.25) is 0 Å². The highest BCUT2D eigenvalue weighted by atomic mass is 35.5. The van der Waals surface area contributed by atoms with Gasteiger partial charge in [0, 0.05) is 5.03 Å². The summed E-state index contributed by atoms with van der Waals surface area (Å²) in [6.07, 6.45) is 15.6. The maximum Gasteiger partial charge on any atom is 0.0141 e. The predicted octanol–water partition coefficient (Wildman–Crippen LogP) is 5.02. The van der Waals surface area contributed by atoms with E-state index in [2.05, 4.69) is 6.08 Å². The second-order valence-corrected chi connectivity index (χ2v) is 4.50. The SMILES string of the molecule is Cl/C1=C/CCCCCCCCCC1. The largest absolute Gasteiger partial charge is 0.0895 e. The lowest BCUT2D eigenvalue weighted by Gasteiger charge is -2.04. The Balaban J connectivity index is 2.23. The summed E-state index contributed by atoms with van der Waals surface area (Å²) in [5, 5.41) is 1.10. The lowest BCUT2D eigenvalue weighted by molar-refractivity contribution is 0.565. The molecule has 0 radical (unpaired) electrons. The average molecular weight is 201 g/mol. The minimum Gasteiger partial charge on any atom is -0.0895 e. The van der Waals surface area contributed by atoms with E-state index in [1.165, 1.54) is 57.8 Å². The van der Waals surface area contributed by atoms with E-state index in [-0.39, 0.29) is 0 Å². The minimum absolute atomic E-state index is 1.10. The van der Waals surface area contributed by atoms with E-state index in [4.69, 9.17) is 11.6 Å². The molecule has 0 fully saturated rings. The first-order valence-corrected chi connectivity index (χ1v) is 6.12. The van der Waals surface area contributed by atoms with Crippen molar-refractivity contribution < 1.29 is 0 Å². The van der Waals surface area contributed by atoms with Crippen LogP contribution in [0.25, 0.3) is 0 Å². The highest BCUT2D eigenvalue weighted by molar-refractivity contribution is 6.29. The highest BCUT2D eigenvalue weighted by Gasteiger charge is 1.97. The fourth-order valence-corrected chi connectivity index (χ4v) is 2.10. The average Bonchev–Trinajstić information content (AvgIpc) is 2.11. The molecule has 13 heavy (non-hydrogen) atoms. The monoisotopic (exact) mass is 200 g/mol. The van der Waals surface area contributed by atoms with E-state index >= 15 is 0 Å². The molecule has 0 aromatic rings. The first-order chi connectivity index (χ1) is 6.39. The molecule has 0 aromatic carbocycles. The molecule has 0 nitrogen and oxygen atoms in total. The second-order valence-electron chi connectivity index (χ2n) is 4.02. The summed E-state index contributed by atoms with van der Waals surface area (Å²) in [5.41, 5.74) is 0. The summed E-state index contributed by atoms with van der Waals surface area (Å²) in [4.78, 5) is 0. The Kier molecular flexibility index (Phi) is 6.35. The Morgan fingerprint density at radius 3 is 2.00 bits per heavy atom. The van der Waals surface area contributed by atoms with Crippen LogP contribution in [0.5, 0.6) is 0 Å². The van der Waals surface area contributed by atoms with Crippen molar-refractivity contribution in [3.05, 3.63) is 11.1 Å². The Morgan fingerprint density at radius 2 is 1.31 bits per heavy atom. The van der Waals surface area contributed by atoms with Crippen molar-refractivity contribution in [2.75, 3.05) is 0 Å². The van der Waals surface area contributed by atoms with E-state index < -0.39 is 0 Å². The molecule has 0 unspecified atom stereocenters. The third-order valence-corrected chi connectivity index (χ3v) is 3.08. The van der Waals surface area contributed by atoms with Crippen LogP contribution >= 0.6 is 11.6 Å². The van der Waals surface area contributed by atoms with Crippen LogP contribution in [0.2, 0.25) is 0 Å². The van der Waals surface area contributed by atoms with Gasteiger partial charge in [0.2, 0.25) is 0 Å². The van der Waals surface area contributed by atoms with Crippen LogP contribution in [0.15, 0.2) is 11.1 Å². The molecule has 0 saturated carbocycles. The van der Waals surface area contributed by atoms with Crippen molar-refractivity contribution in [3.63, 3.8) is 0 Å². The molecule has 0 heterocycles. The van der Waals surface area contributed by atoms with Gasteiger partial charge in [-0.2, -0.15) is 0 Å². The second kappa shape index (κ2) is 7.44. The van der Waals surface area contributed by atoms with Gasteiger partial charge in [0.05, 0.1) is 0 Å². The zero-order chi connectivity index (χ0) is 9.36. The van der Waals surface area contributed by atoms with Crippen molar-refractivity contribution in [2.24, 2.45) is 0 Å². The summed E-state index contributed by atoms with van der Waals surface area (Å²) in [6, 6.07) is 0. The molecule has 0 N–H and O–H groups in total. The van der Waals surface area contributed by atoms with Gasteiger partial charge in [-0.05, 0) is 25.7 Å². The molecule has 0 bridgehead atoms. The van der Waals surface area contributed by atoms with Gasteiger partial charge in [-0.15, -0.1) is 0 Å². The van der Waals surface area contributed by atoms with Gasteiger partial charge in [-0.1, -0.05) is 56.2 Å². The summed E-state index contributed by atoms with van der Waals surface area (Å²) < 4.78 is 0. The normalized spacial score (nSPS) is 26.7. The number of hydrogen-bond donors (Lipinski definition) is 0. The lowest BCUT2D eigenvalue weighted by Crippen LogP contribution is -1.84. The summed E-state index contributed by atoms with van der Waals surface area (Å²) in [5.74, 6) is 0. The zero-order valence-electron chi connectivity index (χ0n) is 8.53. The van der Waals surface area contributed by atoms with Gasteiger partial charge >= 0.3 is 0 Å². The van der Waals surface area contributed by atoms with Crippen molar-refractivity contribution in [1.82, 2.24) is 0 Å². The van der Waals surface area contributed by atoms with Crippen LogP contribution in [-0.4, -0.2) is 0 Å². The van der Waals surface area contributed by atoms with Gasteiger partial charge in [0.1, 0.15) is 0 Å². The van der Waals surface area contributed by atoms with Crippen molar-refractivity contribution in [2.45, 2.75) is 64.2 Å². The number of hydrogen-bond acceptors (Lipinski definition) is 0. The summed E-state index contributed by atoms with van der Waals surface area (Å²) in [7, 11) is 0. The van der Waals surface area contributed by atoms with Gasteiger partial charge in [0.25, 0.3) is 0 Å². The van der Waals surface area contributed by atoms with Crippen LogP contribution in [-0.2, 0) is 0 Å². The van der Waals surface area contributed by atoms with Gasteiger partial charge < -0.3 is 0 Å². The van der Waals surface area contributed by atoms with Crippen LogP contribution in [0.1, 0.15) is 64.2 Å².